The minimum Gasteiger partial charge on any atom is -0.370 e. The summed E-state index contributed by atoms with van der Waals surface area (Å²) < 4.78 is 0. The summed E-state index contributed by atoms with van der Waals surface area (Å²) in [6.45, 7) is 4.98. The van der Waals surface area contributed by atoms with E-state index in [1.165, 1.54) is 6.20 Å². The van der Waals surface area contributed by atoms with Gasteiger partial charge in [0.25, 0.3) is 5.91 Å². The molecule has 2 aromatic rings. The van der Waals surface area contributed by atoms with Crippen molar-refractivity contribution in [3.05, 3.63) is 40.3 Å². The molecule has 0 spiro atoms. The zero-order chi connectivity index (χ0) is 14.5. The lowest BCUT2D eigenvalue weighted by molar-refractivity contribution is 0.0951. The number of anilines is 1. The summed E-state index contributed by atoms with van der Waals surface area (Å²) >= 11 is 6.01. The normalized spacial score (nSPS) is 10.3. The number of nitrogens with zero attached hydrogens (tertiary/aromatic N) is 2. The molecule has 2 aromatic heterocycles. The molecular weight excluding hydrogens is 278 g/mol. The van der Waals surface area contributed by atoms with E-state index in [1.54, 1.807) is 12.3 Å². The van der Waals surface area contributed by atoms with Crippen LogP contribution in [0.15, 0.2) is 18.5 Å². The Hall–Kier alpha value is -2.08. The number of aromatic nitrogens is 3. The number of H-pyrrole nitrogens is 1. The van der Waals surface area contributed by atoms with Crippen LogP contribution in [0.4, 0.5) is 5.82 Å². The number of carbonyl (C=O) groups excluding carboxylic acids is 1. The van der Waals surface area contributed by atoms with E-state index in [0.29, 0.717) is 22.9 Å². The highest BCUT2D eigenvalue weighted by Gasteiger charge is 2.12. The molecule has 0 radical (unpaired) electrons. The zero-order valence-corrected chi connectivity index (χ0v) is 12.1. The van der Waals surface area contributed by atoms with Crippen LogP contribution in [0, 0.1) is 6.92 Å². The van der Waals surface area contributed by atoms with Gasteiger partial charge in [0.15, 0.2) is 0 Å². The molecule has 0 bridgehead atoms. The number of nitrogens with one attached hydrogen (secondary N) is 3. The standard InChI is InChI=1S/C13H16ClN5O/c1-3-15-12-4-10(11(14)7-16-12)13(20)17-5-9-6-18-19-8(9)2/h4,6-7H,3,5H2,1-2H3,(H,15,16)(H,17,20)(H,18,19). The number of hydrogen-bond donors (Lipinski definition) is 3. The van der Waals surface area contributed by atoms with E-state index in [-0.39, 0.29) is 5.91 Å². The van der Waals surface area contributed by atoms with Crippen molar-refractivity contribution < 1.29 is 4.79 Å². The van der Waals surface area contributed by atoms with E-state index in [2.05, 4.69) is 25.8 Å². The molecule has 1 amide bonds. The first kappa shape index (κ1) is 14.3. The van der Waals surface area contributed by atoms with E-state index in [4.69, 9.17) is 11.6 Å². The molecule has 0 unspecified atom stereocenters. The average molecular weight is 294 g/mol. The van der Waals surface area contributed by atoms with Crippen molar-refractivity contribution in [2.75, 3.05) is 11.9 Å². The molecule has 106 valence electrons. The first-order chi connectivity index (χ1) is 9.61. The van der Waals surface area contributed by atoms with Crippen molar-refractivity contribution in [1.29, 1.82) is 0 Å². The second-order valence-corrected chi connectivity index (χ2v) is 4.69. The Kier molecular flexibility index (Phi) is 4.57. The monoisotopic (exact) mass is 293 g/mol. The van der Waals surface area contributed by atoms with Gasteiger partial charge in [-0.25, -0.2) is 4.98 Å². The van der Waals surface area contributed by atoms with Gasteiger partial charge in [0.05, 0.1) is 16.8 Å². The lowest BCUT2D eigenvalue weighted by Crippen LogP contribution is -2.23. The van der Waals surface area contributed by atoms with Crippen LogP contribution in [0.5, 0.6) is 0 Å². The number of aryl methyl sites for hydroxylation is 1. The predicted molar refractivity (Wildman–Crippen MR) is 77.9 cm³/mol. The third-order valence-corrected chi connectivity index (χ3v) is 3.13. The quantitative estimate of drug-likeness (QED) is 0.788. The van der Waals surface area contributed by atoms with Gasteiger partial charge in [-0.15, -0.1) is 0 Å². The van der Waals surface area contributed by atoms with Crippen LogP contribution in [0.25, 0.3) is 0 Å². The predicted octanol–water partition coefficient (Wildman–Crippen LogP) is 2.13. The van der Waals surface area contributed by atoms with E-state index >= 15 is 0 Å². The molecule has 0 atom stereocenters. The SMILES string of the molecule is CCNc1cc(C(=O)NCc2cn[nH]c2C)c(Cl)cn1. The van der Waals surface area contributed by atoms with Crippen LogP contribution in [0.2, 0.25) is 5.02 Å². The molecule has 0 aliphatic carbocycles. The van der Waals surface area contributed by atoms with Crippen molar-refractivity contribution >= 4 is 23.3 Å². The summed E-state index contributed by atoms with van der Waals surface area (Å²) in [5.74, 6) is 0.388. The fraction of sp³-hybridized carbons (Fsp3) is 0.308. The van der Waals surface area contributed by atoms with Gasteiger partial charge in [-0.3, -0.25) is 9.89 Å². The molecule has 3 N–H and O–H groups in total. The van der Waals surface area contributed by atoms with Crippen LogP contribution in [0.3, 0.4) is 0 Å². The van der Waals surface area contributed by atoms with Gasteiger partial charge in [0.1, 0.15) is 5.82 Å². The summed E-state index contributed by atoms with van der Waals surface area (Å²) in [6, 6.07) is 1.64. The minimum atomic E-state index is -0.239. The van der Waals surface area contributed by atoms with Gasteiger partial charge in [0, 0.05) is 30.5 Å². The van der Waals surface area contributed by atoms with Gasteiger partial charge in [0.2, 0.25) is 0 Å². The van der Waals surface area contributed by atoms with Crippen molar-refractivity contribution in [2.45, 2.75) is 20.4 Å². The van der Waals surface area contributed by atoms with Crippen LogP contribution in [-0.2, 0) is 6.54 Å². The summed E-state index contributed by atoms with van der Waals surface area (Å²) in [7, 11) is 0. The maximum absolute atomic E-state index is 12.1. The third-order valence-electron chi connectivity index (χ3n) is 2.83. The third kappa shape index (κ3) is 3.27. The van der Waals surface area contributed by atoms with Gasteiger partial charge in [-0.1, -0.05) is 11.6 Å². The number of rotatable bonds is 5. The molecule has 0 aliphatic rings. The van der Waals surface area contributed by atoms with Gasteiger partial charge in [-0.2, -0.15) is 5.10 Å². The highest BCUT2D eigenvalue weighted by atomic mass is 35.5. The molecule has 0 aromatic carbocycles. The van der Waals surface area contributed by atoms with E-state index in [9.17, 15) is 4.79 Å². The largest absolute Gasteiger partial charge is 0.370 e. The van der Waals surface area contributed by atoms with E-state index in [1.807, 2.05) is 13.8 Å². The maximum Gasteiger partial charge on any atom is 0.253 e. The highest BCUT2D eigenvalue weighted by molar-refractivity contribution is 6.33. The molecule has 2 rings (SSSR count). The maximum atomic E-state index is 12.1. The second kappa shape index (κ2) is 6.38. The Balaban J connectivity index is 2.08. The fourth-order valence-corrected chi connectivity index (χ4v) is 1.90. The molecule has 0 saturated heterocycles. The Morgan fingerprint density at radius 1 is 1.45 bits per heavy atom. The average Bonchev–Trinajstić information content (AvgIpc) is 2.84. The first-order valence-electron chi connectivity index (χ1n) is 6.28. The number of amides is 1. The summed E-state index contributed by atoms with van der Waals surface area (Å²) in [6.07, 6.45) is 3.16. The van der Waals surface area contributed by atoms with Crippen LogP contribution in [0.1, 0.15) is 28.5 Å². The van der Waals surface area contributed by atoms with Gasteiger partial charge in [-0.05, 0) is 19.9 Å². The molecule has 0 saturated carbocycles. The molecule has 6 nitrogen and oxygen atoms in total. The number of pyridine rings is 1. The smallest absolute Gasteiger partial charge is 0.253 e. The molecule has 7 heteroatoms. The van der Waals surface area contributed by atoms with Crippen LogP contribution >= 0.6 is 11.6 Å². The fourth-order valence-electron chi connectivity index (χ4n) is 1.72. The van der Waals surface area contributed by atoms with Crippen LogP contribution < -0.4 is 10.6 Å². The molecular formula is C13H16ClN5O. The van der Waals surface area contributed by atoms with E-state index < -0.39 is 0 Å². The minimum absolute atomic E-state index is 0.239. The lowest BCUT2D eigenvalue weighted by atomic mass is 10.2. The first-order valence-corrected chi connectivity index (χ1v) is 6.66. The summed E-state index contributed by atoms with van der Waals surface area (Å²) in [5, 5.41) is 12.9. The molecule has 0 fully saturated rings. The van der Waals surface area contributed by atoms with Crippen molar-refractivity contribution in [3.8, 4) is 0 Å². The number of hydrogen-bond acceptors (Lipinski definition) is 4. The number of carbonyl (C=O) groups is 1. The number of halogens is 1. The Labute approximate surface area is 121 Å². The topological polar surface area (TPSA) is 82.7 Å². The van der Waals surface area contributed by atoms with E-state index in [0.717, 1.165) is 17.8 Å². The van der Waals surface area contributed by atoms with Crippen LogP contribution in [-0.4, -0.2) is 27.6 Å². The summed E-state index contributed by atoms with van der Waals surface area (Å²) in [4.78, 5) is 16.2. The Morgan fingerprint density at radius 2 is 2.25 bits per heavy atom. The number of aromatic amines is 1. The van der Waals surface area contributed by atoms with Gasteiger partial charge >= 0.3 is 0 Å². The van der Waals surface area contributed by atoms with Gasteiger partial charge < -0.3 is 10.6 Å². The zero-order valence-electron chi connectivity index (χ0n) is 11.3. The van der Waals surface area contributed by atoms with Crippen molar-refractivity contribution in [3.63, 3.8) is 0 Å². The molecule has 0 aliphatic heterocycles. The Morgan fingerprint density at radius 3 is 2.90 bits per heavy atom. The summed E-state index contributed by atoms with van der Waals surface area (Å²) in [5.41, 5.74) is 2.27. The second-order valence-electron chi connectivity index (χ2n) is 4.28. The van der Waals surface area contributed by atoms with Crippen molar-refractivity contribution in [2.24, 2.45) is 0 Å². The lowest BCUT2D eigenvalue weighted by Gasteiger charge is -2.08. The molecule has 2 heterocycles. The Bertz CT molecular complexity index is 611. The molecule has 20 heavy (non-hydrogen) atoms. The highest BCUT2D eigenvalue weighted by Crippen LogP contribution is 2.18. The van der Waals surface area contributed by atoms with Crippen molar-refractivity contribution in [1.82, 2.24) is 20.5 Å².